The Morgan fingerprint density at radius 3 is 2.68 bits per heavy atom. The summed E-state index contributed by atoms with van der Waals surface area (Å²) in [5.41, 5.74) is 3.19. The Hall–Kier alpha value is -1.40. The van der Waals surface area contributed by atoms with Gasteiger partial charge in [-0.15, -0.1) is 0 Å². The fourth-order valence-electron chi connectivity index (χ4n) is 2.08. The standard InChI is InChI=1S/C18H13BrINO/c1-12-6-8-14(15(19)10-12)18-9-7-13(22-18)11-21-17-5-3-2-4-16(17)20/h2-11H,1H3. The minimum Gasteiger partial charge on any atom is -0.455 e. The van der Waals surface area contributed by atoms with Crippen LogP contribution in [0.3, 0.4) is 0 Å². The largest absolute Gasteiger partial charge is 0.455 e. The molecule has 1 heterocycles. The van der Waals surface area contributed by atoms with E-state index in [1.807, 2.05) is 36.4 Å². The highest BCUT2D eigenvalue weighted by molar-refractivity contribution is 14.1. The number of nitrogens with zero attached hydrogens (tertiary/aromatic N) is 1. The highest BCUT2D eigenvalue weighted by Gasteiger charge is 2.07. The van der Waals surface area contributed by atoms with Crippen LogP contribution in [0.5, 0.6) is 0 Å². The fourth-order valence-corrected chi connectivity index (χ4v) is 3.29. The van der Waals surface area contributed by atoms with Gasteiger partial charge in [0.15, 0.2) is 0 Å². The van der Waals surface area contributed by atoms with Crippen molar-refractivity contribution in [3.63, 3.8) is 0 Å². The first kappa shape index (κ1) is 15.5. The van der Waals surface area contributed by atoms with Crippen molar-refractivity contribution in [2.24, 2.45) is 4.99 Å². The molecule has 0 amide bonds. The van der Waals surface area contributed by atoms with Crippen LogP contribution in [-0.2, 0) is 0 Å². The van der Waals surface area contributed by atoms with Crippen molar-refractivity contribution in [2.45, 2.75) is 6.92 Å². The number of rotatable bonds is 3. The van der Waals surface area contributed by atoms with Crippen molar-refractivity contribution in [3.8, 4) is 11.3 Å². The van der Waals surface area contributed by atoms with Crippen LogP contribution in [0.15, 0.2) is 68.5 Å². The molecule has 3 rings (SSSR count). The zero-order valence-electron chi connectivity index (χ0n) is 11.9. The smallest absolute Gasteiger partial charge is 0.145 e. The number of halogens is 2. The molecule has 2 nitrogen and oxygen atoms in total. The van der Waals surface area contributed by atoms with E-state index in [1.165, 1.54) is 5.56 Å². The van der Waals surface area contributed by atoms with Crippen molar-refractivity contribution in [2.75, 3.05) is 0 Å². The van der Waals surface area contributed by atoms with E-state index < -0.39 is 0 Å². The quantitative estimate of drug-likeness (QED) is 0.325. The van der Waals surface area contributed by atoms with E-state index in [-0.39, 0.29) is 0 Å². The van der Waals surface area contributed by atoms with Crippen LogP contribution < -0.4 is 0 Å². The van der Waals surface area contributed by atoms with Crippen molar-refractivity contribution in [1.29, 1.82) is 0 Å². The molecule has 4 heteroatoms. The van der Waals surface area contributed by atoms with Crippen molar-refractivity contribution >= 4 is 50.4 Å². The number of furan rings is 1. The summed E-state index contributed by atoms with van der Waals surface area (Å²) < 4.78 is 8.02. The van der Waals surface area contributed by atoms with Crippen LogP contribution in [0.1, 0.15) is 11.3 Å². The molecule has 0 aliphatic rings. The summed E-state index contributed by atoms with van der Waals surface area (Å²) in [5.74, 6) is 1.57. The van der Waals surface area contributed by atoms with E-state index in [0.717, 1.165) is 30.8 Å². The Morgan fingerprint density at radius 1 is 1.09 bits per heavy atom. The van der Waals surface area contributed by atoms with Crippen molar-refractivity contribution in [1.82, 2.24) is 0 Å². The van der Waals surface area contributed by atoms with Gasteiger partial charge in [0.2, 0.25) is 0 Å². The molecule has 22 heavy (non-hydrogen) atoms. The molecule has 3 aromatic rings. The Morgan fingerprint density at radius 2 is 1.91 bits per heavy atom. The lowest BCUT2D eigenvalue weighted by atomic mass is 10.1. The fraction of sp³-hybridized carbons (Fsp3) is 0.0556. The topological polar surface area (TPSA) is 25.5 Å². The molecule has 1 aromatic heterocycles. The predicted molar refractivity (Wildman–Crippen MR) is 103 cm³/mol. The maximum Gasteiger partial charge on any atom is 0.145 e. The highest BCUT2D eigenvalue weighted by atomic mass is 127. The molecule has 0 spiro atoms. The number of aryl methyl sites for hydroxylation is 1. The highest BCUT2D eigenvalue weighted by Crippen LogP contribution is 2.30. The second kappa shape index (κ2) is 6.79. The van der Waals surface area contributed by atoms with E-state index in [1.54, 1.807) is 6.21 Å². The molecule has 0 aliphatic heterocycles. The van der Waals surface area contributed by atoms with Gasteiger partial charge in [0.25, 0.3) is 0 Å². The van der Waals surface area contributed by atoms with Gasteiger partial charge in [-0.3, -0.25) is 4.99 Å². The summed E-state index contributed by atoms with van der Waals surface area (Å²) in [4.78, 5) is 4.48. The number of hydrogen-bond donors (Lipinski definition) is 0. The Balaban J connectivity index is 1.86. The SMILES string of the molecule is Cc1ccc(-c2ccc(C=Nc3ccccc3I)o2)c(Br)c1. The minimum atomic E-state index is 0.738. The second-order valence-corrected chi connectivity index (χ2v) is 6.91. The van der Waals surface area contributed by atoms with Gasteiger partial charge in [-0.25, -0.2) is 0 Å². The first-order chi connectivity index (χ1) is 10.6. The van der Waals surface area contributed by atoms with Crippen LogP contribution in [0, 0.1) is 10.5 Å². The first-order valence-corrected chi connectivity index (χ1v) is 8.65. The molecule has 0 fully saturated rings. The summed E-state index contributed by atoms with van der Waals surface area (Å²) in [7, 11) is 0. The third-order valence-corrected chi connectivity index (χ3v) is 4.77. The third kappa shape index (κ3) is 3.50. The van der Waals surface area contributed by atoms with Gasteiger partial charge in [-0.05, 0) is 71.5 Å². The first-order valence-electron chi connectivity index (χ1n) is 6.78. The van der Waals surface area contributed by atoms with Crippen LogP contribution in [-0.4, -0.2) is 6.21 Å². The summed E-state index contributed by atoms with van der Waals surface area (Å²) >= 11 is 5.86. The van der Waals surface area contributed by atoms with Gasteiger partial charge >= 0.3 is 0 Å². The van der Waals surface area contributed by atoms with Gasteiger partial charge < -0.3 is 4.42 Å². The summed E-state index contributed by atoms with van der Waals surface area (Å²) in [6, 6.07) is 18.1. The molecule has 0 N–H and O–H groups in total. The number of hydrogen-bond acceptors (Lipinski definition) is 2. The number of para-hydroxylation sites is 1. The summed E-state index contributed by atoms with van der Waals surface area (Å²) in [6.45, 7) is 2.07. The van der Waals surface area contributed by atoms with Gasteiger partial charge in [0, 0.05) is 13.6 Å². The molecule has 2 aromatic carbocycles. The summed E-state index contributed by atoms with van der Waals surface area (Å²) in [6.07, 6.45) is 1.75. The van der Waals surface area contributed by atoms with E-state index in [4.69, 9.17) is 4.42 Å². The Bertz CT molecular complexity index is 839. The maximum absolute atomic E-state index is 5.87. The van der Waals surface area contributed by atoms with Crippen LogP contribution >= 0.6 is 38.5 Å². The lowest BCUT2D eigenvalue weighted by Crippen LogP contribution is -1.79. The molecule has 0 unspecified atom stereocenters. The van der Waals surface area contributed by atoms with Crippen LogP contribution in [0.2, 0.25) is 0 Å². The van der Waals surface area contributed by atoms with Gasteiger partial charge in [0.05, 0.1) is 11.9 Å². The van der Waals surface area contributed by atoms with E-state index in [0.29, 0.717) is 0 Å². The molecule has 110 valence electrons. The molecule has 0 radical (unpaired) electrons. The van der Waals surface area contributed by atoms with Crippen molar-refractivity contribution in [3.05, 3.63) is 74.0 Å². The van der Waals surface area contributed by atoms with Gasteiger partial charge in [0.1, 0.15) is 11.5 Å². The monoisotopic (exact) mass is 465 g/mol. The van der Waals surface area contributed by atoms with Crippen LogP contribution in [0.25, 0.3) is 11.3 Å². The van der Waals surface area contributed by atoms with Crippen molar-refractivity contribution < 1.29 is 4.42 Å². The lowest BCUT2D eigenvalue weighted by Gasteiger charge is -2.02. The zero-order valence-corrected chi connectivity index (χ0v) is 15.6. The van der Waals surface area contributed by atoms with E-state index in [9.17, 15) is 0 Å². The normalized spacial score (nSPS) is 11.2. The third-order valence-electron chi connectivity index (χ3n) is 3.20. The minimum absolute atomic E-state index is 0.738. The summed E-state index contributed by atoms with van der Waals surface area (Å²) in [5, 5.41) is 0. The maximum atomic E-state index is 5.87. The predicted octanol–water partition coefficient (Wildman–Crippen LogP) is 6.37. The average molecular weight is 466 g/mol. The second-order valence-electron chi connectivity index (χ2n) is 4.89. The molecule has 0 saturated heterocycles. The lowest BCUT2D eigenvalue weighted by molar-refractivity contribution is 0.575. The van der Waals surface area contributed by atoms with Gasteiger partial charge in [-0.2, -0.15) is 0 Å². The average Bonchev–Trinajstić information content (AvgIpc) is 2.95. The number of benzene rings is 2. The Kier molecular flexibility index (Phi) is 4.78. The Labute approximate surface area is 151 Å². The van der Waals surface area contributed by atoms with E-state index in [2.05, 4.69) is 68.6 Å². The van der Waals surface area contributed by atoms with Gasteiger partial charge in [-0.1, -0.05) is 34.1 Å². The molecular weight excluding hydrogens is 453 g/mol. The molecule has 0 aliphatic carbocycles. The molecule has 0 saturated carbocycles. The number of aliphatic imine (C=N–C) groups is 1. The zero-order chi connectivity index (χ0) is 15.5. The van der Waals surface area contributed by atoms with E-state index >= 15 is 0 Å². The molecular formula is C18H13BrINO. The van der Waals surface area contributed by atoms with Crippen LogP contribution in [0.4, 0.5) is 5.69 Å². The molecule has 0 atom stereocenters. The molecule has 0 bridgehead atoms.